The molecule has 3 nitrogen and oxygen atoms in total. The predicted octanol–water partition coefficient (Wildman–Crippen LogP) is 2.89. The molecule has 0 N–H and O–H groups in total. The number of aromatic nitrogens is 2. The minimum atomic E-state index is 0.115. The van der Waals surface area contributed by atoms with Crippen LogP contribution in [0.4, 0.5) is 0 Å². The summed E-state index contributed by atoms with van der Waals surface area (Å²) in [4.78, 5) is 16.1. The number of rotatable bonds is 4. The molecule has 0 saturated carbocycles. The van der Waals surface area contributed by atoms with E-state index in [9.17, 15) is 4.79 Å². The smallest absolute Gasteiger partial charge is 0.163 e. The molecule has 0 aliphatic heterocycles. The Hall–Kier alpha value is -1.61. The van der Waals surface area contributed by atoms with Crippen LogP contribution in [0.1, 0.15) is 22.6 Å². The third kappa shape index (κ3) is 2.94. The molecule has 0 unspecified atom stereocenters. The second kappa shape index (κ2) is 5.15. The van der Waals surface area contributed by atoms with Gasteiger partial charge in [-0.25, -0.2) is 4.98 Å². The van der Waals surface area contributed by atoms with E-state index < -0.39 is 0 Å². The molecule has 0 spiro atoms. The maximum absolute atomic E-state index is 11.9. The summed E-state index contributed by atoms with van der Waals surface area (Å²) in [6.45, 7) is 0. The normalized spacial score (nSPS) is 10.5. The zero-order chi connectivity index (χ0) is 12.3. The fourth-order valence-electron chi connectivity index (χ4n) is 1.64. The molecule has 17 heavy (non-hydrogen) atoms. The van der Waals surface area contributed by atoms with Crippen molar-refractivity contribution in [2.24, 2.45) is 7.05 Å². The molecule has 1 aromatic carbocycles. The topological polar surface area (TPSA) is 34.9 Å². The van der Waals surface area contributed by atoms with Crippen molar-refractivity contribution >= 4 is 17.4 Å². The average Bonchev–Trinajstić information content (AvgIpc) is 2.73. The highest BCUT2D eigenvalue weighted by atomic mass is 35.5. The van der Waals surface area contributed by atoms with Gasteiger partial charge >= 0.3 is 0 Å². The van der Waals surface area contributed by atoms with Gasteiger partial charge in [-0.3, -0.25) is 4.79 Å². The summed E-state index contributed by atoms with van der Waals surface area (Å²) in [5, 5.41) is 0.644. The van der Waals surface area contributed by atoms with Gasteiger partial charge < -0.3 is 4.57 Å². The molecule has 0 amide bonds. The van der Waals surface area contributed by atoms with Crippen molar-refractivity contribution in [1.29, 1.82) is 0 Å². The van der Waals surface area contributed by atoms with E-state index in [4.69, 9.17) is 11.6 Å². The molecule has 1 heterocycles. The molecule has 2 rings (SSSR count). The summed E-state index contributed by atoms with van der Waals surface area (Å²) < 4.78 is 1.93. The molecule has 4 heteroatoms. The minimum Gasteiger partial charge on any atom is -0.338 e. The lowest BCUT2D eigenvalue weighted by Gasteiger charge is -2.02. The Kier molecular flexibility index (Phi) is 3.59. The number of carbonyl (C=O) groups is 1. The van der Waals surface area contributed by atoms with Crippen LogP contribution in [0.2, 0.25) is 5.02 Å². The highest BCUT2D eigenvalue weighted by molar-refractivity contribution is 6.30. The summed E-state index contributed by atoms with van der Waals surface area (Å²) in [6, 6.07) is 6.97. The Bertz CT molecular complexity index is 516. The molecule has 0 saturated heterocycles. The van der Waals surface area contributed by atoms with Gasteiger partial charge in [-0.1, -0.05) is 11.6 Å². The van der Waals surface area contributed by atoms with Crippen LogP contribution in [0.15, 0.2) is 36.7 Å². The maximum atomic E-state index is 11.9. The maximum Gasteiger partial charge on any atom is 0.163 e. The largest absolute Gasteiger partial charge is 0.338 e. The zero-order valence-corrected chi connectivity index (χ0v) is 10.3. The number of halogens is 1. The number of imidazole rings is 1. The number of benzene rings is 1. The van der Waals surface area contributed by atoms with Gasteiger partial charge in [0, 0.05) is 42.9 Å². The van der Waals surface area contributed by atoms with Crippen LogP contribution in [0.3, 0.4) is 0 Å². The Labute approximate surface area is 105 Å². The first-order valence-corrected chi connectivity index (χ1v) is 5.79. The first-order valence-electron chi connectivity index (χ1n) is 5.42. The lowest BCUT2D eigenvalue weighted by atomic mass is 10.1. The number of ketones is 1. The molecule has 0 radical (unpaired) electrons. The van der Waals surface area contributed by atoms with Crippen LogP contribution >= 0.6 is 11.6 Å². The first kappa shape index (κ1) is 11.9. The molecule has 2 aromatic rings. The van der Waals surface area contributed by atoms with Crippen molar-refractivity contribution in [2.45, 2.75) is 12.8 Å². The number of aryl methyl sites for hydroxylation is 2. The van der Waals surface area contributed by atoms with Gasteiger partial charge in [-0.15, -0.1) is 0 Å². The lowest BCUT2D eigenvalue weighted by molar-refractivity contribution is 0.0982. The molecule has 0 atom stereocenters. The first-order chi connectivity index (χ1) is 8.16. The summed E-state index contributed by atoms with van der Waals surface area (Å²) in [6.07, 6.45) is 4.74. The van der Waals surface area contributed by atoms with Crippen molar-refractivity contribution in [2.75, 3.05) is 0 Å². The highest BCUT2D eigenvalue weighted by Gasteiger charge is 2.07. The fraction of sp³-hybridized carbons (Fsp3) is 0.231. The van der Waals surface area contributed by atoms with E-state index >= 15 is 0 Å². The van der Waals surface area contributed by atoms with Gasteiger partial charge in [0.2, 0.25) is 0 Å². The average molecular weight is 249 g/mol. The second-order valence-corrected chi connectivity index (χ2v) is 4.32. The number of Topliss-reactive ketones (excluding diaryl/α,β-unsaturated/α-hetero) is 1. The van der Waals surface area contributed by atoms with Crippen molar-refractivity contribution in [1.82, 2.24) is 9.55 Å². The fourth-order valence-corrected chi connectivity index (χ4v) is 1.77. The molecular formula is C13H13ClN2O. The third-order valence-electron chi connectivity index (χ3n) is 2.66. The monoisotopic (exact) mass is 248 g/mol. The zero-order valence-electron chi connectivity index (χ0n) is 9.56. The van der Waals surface area contributed by atoms with Crippen LogP contribution in [-0.4, -0.2) is 15.3 Å². The van der Waals surface area contributed by atoms with Gasteiger partial charge in [-0.2, -0.15) is 0 Å². The van der Waals surface area contributed by atoms with E-state index in [0.29, 0.717) is 23.4 Å². The van der Waals surface area contributed by atoms with Crippen LogP contribution in [-0.2, 0) is 13.5 Å². The quantitative estimate of drug-likeness (QED) is 0.780. The van der Waals surface area contributed by atoms with Gasteiger partial charge in [0.1, 0.15) is 5.82 Å². The van der Waals surface area contributed by atoms with E-state index in [-0.39, 0.29) is 5.78 Å². The van der Waals surface area contributed by atoms with Gasteiger partial charge in [-0.05, 0) is 24.3 Å². The van der Waals surface area contributed by atoms with E-state index in [1.165, 1.54) is 0 Å². The Morgan fingerprint density at radius 1 is 1.35 bits per heavy atom. The molecule has 0 fully saturated rings. The molecule has 88 valence electrons. The number of nitrogens with zero attached hydrogens (tertiary/aromatic N) is 2. The summed E-state index contributed by atoms with van der Waals surface area (Å²) in [5.74, 6) is 1.04. The van der Waals surface area contributed by atoms with Gasteiger partial charge in [0.15, 0.2) is 5.78 Å². The van der Waals surface area contributed by atoms with Gasteiger partial charge in [0.25, 0.3) is 0 Å². The number of hydrogen-bond acceptors (Lipinski definition) is 2. The lowest BCUT2D eigenvalue weighted by Crippen LogP contribution is -2.04. The van der Waals surface area contributed by atoms with E-state index in [1.807, 2.05) is 17.8 Å². The summed E-state index contributed by atoms with van der Waals surface area (Å²) in [5.41, 5.74) is 0.698. The third-order valence-corrected chi connectivity index (χ3v) is 2.91. The van der Waals surface area contributed by atoms with E-state index in [0.717, 1.165) is 5.82 Å². The SMILES string of the molecule is Cn1ccnc1CCC(=O)c1ccc(Cl)cc1. The standard InChI is InChI=1S/C13H13ClN2O/c1-16-9-8-15-13(16)7-6-12(17)10-2-4-11(14)5-3-10/h2-5,8-9H,6-7H2,1H3. The van der Waals surface area contributed by atoms with Crippen molar-refractivity contribution in [3.63, 3.8) is 0 Å². The Balaban J connectivity index is 1.98. The van der Waals surface area contributed by atoms with Crippen LogP contribution in [0.25, 0.3) is 0 Å². The molecule has 0 aliphatic rings. The van der Waals surface area contributed by atoms with Crippen LogP contribution in [0, 0.1) is 0 Å². The predicted molar refractivity (Wildman–Crippen MR) is 67.3 cm³/mol. The van der Waals surface area contributed by atoms with Crippen molar-refractivity contribution < 1.29 is 4.79 Å². The molecular weight excluding hydrogens is 236 g/mol. The Morgan fingerprint density at radius 2 is 2.06 bits per heavy atom. The summed E-state index contributed by atoms with van der Waals surface area (Å²) in [7, 11) is 1.93. The minimum absolute atomic E-state index is 0.115. The Morgan fingerprint density at radius 3 is 2.65 bits per heavy atom. The van der Waals surface area contributed by atoms with Crippen LogP contribution in [0.5, 0.6) is 0 Å². The summed E-state index contributed by atoms with van der Waals surface area (Å²) >= 11 is 5.77. The molecule has 1 aromatic heterocycles. The molecule has 0 aliphatic carbocycles. The van der Waals surface area contributed by atoms with E-state index in [1.54, 1.807) is 30.5 Å². The highest BCUT2D eigenvalue weighted by Crippen LogP contribution is 2.12. The van der Waals surface area contributed by atoms with Crippen molar-refractivity contribution in [3.8, 4) is 0 Å². The second-order valence-electron chi connectivity index (χ2n) is 3.88. The van der Waals surface area contributed by atoms with Crippen LogP contribution < -0.4 is 0 Å². The van der Waals surface area contributed by atoms with Crippen molar-refractivity contribution in [3.05, 3.63) is 53.1 Å². The molecule has 0 bridgehead atoms. The number of hydrogen-bond donors (Lipinski definition) is 0. The van der Waals surface area contributed by atoms with Gasteiger partial charge in [0.05, 0.1) is 0 Å². The number of carbonyl (C=O) groups excluding carboxylic acids is 1. The van der Waals surface area contributed by atoms with E-state index in [2.05, 4.69) is 4.98 Å².